The molecule has 0 fully saturated rings. The fourth-order valence-electron chi connectivity index (χ4n) is 1.58. The molecule has 0 spiro atoms. The van der Waals surface area contributed by atoms with Crippen molar-refractivity contribution in [3.63, 3.8) is 0 Å². The van der Waals surface area contributed by atoms with E-state index in [1.165, 1.54) is 16.8 Å². The molecule has 15 heavy (non-hydrogen) atoms. The van der Waals surface area contributed by atoms with E-state index in [0.29, 0.717) is 5.92 Å². The van der Waals surface area contributed by atoms with Crippen molar-refractivity contribution in [3.8, 4) is 0 Å². The van der Waals surface area contributed by atoms with E-state index in [1.807, 2.05) is 33.9 Å². The molecule has 0 saturated heterocycles. The summed E-state index contributed by atoms with van der Waals surface area (Å²) in [5.41, 5.74) is 3.92. The van der Waals surface area contributed by atoms with Crippen molar-refractivity contribution >= 4 is 0 Å². The standard InChI is InChI=1S/C10H15N.2C2H6/c1-7(2)10-8(3)5-6-11-9(10)4;2*1-2/h5-7H,1-4H3;2*1-2H3. The van der Waals surface area contributed by atoms with Gasteiger partial charge in [0.2, 0.25) is 0 Å². The van der Waals surface area contributed by atoms with Crippen LogP contribution < -0.4 is 0 Å². The van der Waals surface area contributed by atoms with E-state index in [0.717, 1.165) is 0 Å². The van der Waals surface area contributed by atoms with E-state index in [9.17, 15) is 0 Å². The lowest BCUT2D eigenvalue weighted by Gasteiger charge is -2.11. The van der Waals surface area contributed by atoms with Crippen LogP contribution in [0.2, 0.25) is 0 Å². The van der Waals surface area contributed by atoms with Crippen LogP contribution in [0, 0.1) is 13.8 Å². The Bertz CT molecular complexity index is 231. The van der Waals surface area contributed by atoms with Gasteiger partial charge in [0.15, 0.2) is 0 Å². The van der Waals surface area contributed by atoms with Crippen molar-refractivity contribution in [2.75, 3.05) is 0 Å². The number of rotatable bonds is 1. The second kappa shape index (κ2) is 9.70. The highest BCUT2D eigenvalue weighted by molar-refractivity contribution is 5.30. The van der Waals surface area contributed by atoms with Crippen molar-refractivity contribution < 1.29 is 0 Å². The fourth-order valence-corrected chi connectivity index (χ4v) is 1.58. The Morgan fingerprint density at radius 1 is 1.00 bits per heavy atom. The highest BCUT2D eigenvalue weighted by Gasteiger charge is 2.05. The Morgan fingerprint density at radius 3 is 1.73 bits per heavy atom. The molecule has 0 N–H and O–H groups in total. The Balaban J connectivity index is 0. The van der Waals surface area contributed by atoms with Crippen molar-refractivity contribution in [1.29, 1.82) is 0 Å². The number of nitrogens with zero attached hydrogens (tertiary/aromatic N) is 1. The molecule has 0 bridgehead atoms. The second-order valence-electron chi connectivity index (χ2n) is 3.28. The van der Waals surface area contributed by atoms with Crippen LogP contribution >= 0.6 is 0 Å². The van der Waals surface area contributed by atoms with E-state index in [1.54, 1.807) is 0 Å². The molecule has 0 saturated carbocycles. The molecule has 0 radical (unpaired) electrons. The van der Waals surface area contributed by atoms with Crippen LogP contribution in [0.15, 0.2) is 12.3 Å². The van der Waals surface area contributed by atoms with Crippen molar-refractivity contribution in [2.45, 2.75) is 61.3 Å². The third-order valence-corrected chi connectivity index (χ3v) is 1.98. The summed E-state index contributed by atoms with van der Waals surface area (Å²) < 4.78 is 0. The predicted octanol–water partition coefficient (Wildman–Crippen LogP) is 4.87. The third kappa shape index (κ3) is 5.56. The van der Waals surface area contributed by atoms with E-state index in [4.69, 9.17) is 0 Å². The maximum Gasteiger partial charge on any atom is 0.0409 e. The molecule has 1 heterocycles. The largest absolute Gasteiger partial charge is 0.261 e. The molecule has 0 aliphatic carbocycles. The summed E-state index contributed by atoms with van der Waals surface area (Å²) in [4.78, 5) is 4.26. The molecule has 0 aromatic carbocycles. The van der Waals surface area contributed by atoms with Gasteiger partial charge in [0.1, 0.15) is 0 Å². The van der Waals surface area contributed by atoms with Gasteiger partial charge in [-0.15, -0.1) is 0 Å². The van der Waals surface area contributed by atoms with E-state index in [-0.39, 0.29) is 0 Å². The topological polar surface area (TPSA) is 12.9 Å². The molecule has 0 amide bonds. The fraction of sp³-hybridized carbons (Fsp3) is 0.643. The Morgan fingerprint density at radius 2 is 1.47 bits per heavy atom. The number of hydrogen-bond acceptors (Lipinski definition) is 1. The molecule has 0 unspecified atom stereocenters. The summed E-state index contributed by atoms with van der Waals surface area (Å²) in [5, 5.41) is 0. The minimum Gasteiger partial charge on any atom is -0.261 e. The molecule has 1 heteroatoms. The SMILES string of the molecule is CC.CC.Cc1ccnc(C)c1C(C)C. The maximum absolute atomic E-state index is 4.26. The molecule has 0 aliphatic heterocycles. The smallest absolute Gasteiger partial charge is 0.0409 e. The minimum atomic E-state index is 0.587. The molecule has 88 valence electrons. The highest BCUT2D eigenvalue weighted by Crippen LogP contribution is 2.20. The van der Waals surface area contributed by atoms with E-state index >= 15 is 0 Å². The van der Waals surface area contributed by atoms with Gasteiger partial charge in [0.05, 0.1) is 0 Å². The lowest BCUT2D eigenvalue weighted by Crippen LogP contribution is -1.97. The molecule has 1 nitrogen and oxygen atoms in total. The first-order valence-corrected chi connectivity index (χ1v) is 6.05. The van der Waals surface area contributed by atoms with Crippen LogP contribution in [0.5, 0.6) is 0 Å². The van der Waals surface area contributed by atoms with Crippen molar-refractivity contribution in [1.82, 2.24) is 4.98 Å². The molecule has 1 aromatic rings. The van der Waals surface area contributed by atoms with Gasteiger partial charge >= 0.3 is 0 Å². The van der Waals surface area contributed by atoms with Crippen molar-refractivity contribution in [3.05, 3.63) is 29.1 Å². The summed E-state index contributed by atoms with van der Waals surface area (Å²) in [7, 11) is 0. The number of aryl methyl sites for hydroxylation is 2. The van der Waals surface area contributed by atoms with Crippen molar-refractivity contribution in [2.24, 2.45) is 0 Å². The lowest BCUT2D eigenvalue weighted by molar-refractivity contribution is 0.832. The van der Waals surface area contributed by atoms with E-state index < -0.39 is 0 Å². The second-order valence-corrected chi connectivity index (χ2v) is 3.28. The Labute approximate surface area is 95.9 Å². The van der Waals surface area contributed by atoms with Crippen LogP contribution in [-0.2, 0) is 0 Å². The van der Waals surface area contributed by atoms with Gasteiger partial charge in [-0.3, -0.25) is 4.98 Å². The maximum atomic E-state index is 4.26. The van der Waals surface area contributed by atoms with Gasteiger partial charge in [0.25, 0.3) is 0 Å². The summed E-state index contributed by atoms with van der Waals surface area (Å²) in [6.45, 7) is 16.6. The zero-order chi connectivity index (χ0) is 12.4. The number of pyridine rings is 1. The van der Waals surface area contributed by atoms with Crippen LogP contribution in [0.1, 0.15) is 64.3 Å². The van der Waals surface area contributed by atoms with Crippen LogP contribution in [-0.4, -0.2) is 4.98 Å². The summed E-state index contributed by atoms with van der Waals surface area (Å²) in [6, 6.07) is 2.07. The Hall–Kier alpha value is -0.850. The predicted molar refractivity (Wildman–Crippen MR) is 70.5 cm³/mol. The lowest BCUT2D eigenvalue weighted by atomic mass is 9.97. The summed E-state index contributed by atoms with van der Waals surface area (Å²) in [6.07, 6.45) is 1.87. The average Bonchev–Trinajstić information content (AvgIpc) is 2.23. The zero-order valence-electron chi connectivity index (χ0n) is 11.7. The molecule has 0 atom stereocenters. The quantitative estimate of drug-likeness (QED) is 0.642. The molecule has 0 aliphatic rings. The monoisotopic (exact) mass is 209 g/mol. The first-order chi connectivity index (χ1) is 7.13. The first-order valence-electron chi connectivity index (χ1n) is 6.05. The minimum absolute atomic E-state index is 0.587. The van der Waals surface area contributed by atoms with E-state index in [2.05, 4.69) is 38.7 Å². The first kappa shape index (κ1) is 16.6. The van der Waals surface area contributed by atoms with Gasteiger partial charge in [-0.05, 0) is 37.0 Å². The number of aromatic nitrogens is 1. The third-order valence-electron chi connectivity index (χ3n) is 1.98. The van der Waals surface area contributed by atoms with Crippen LogP contribution in [0.25, 0.3) is 0 Å². The number of hydrogen-bond donors (Lipinski definition) is 0. The summed E-state index contributed by atoms with van der Waals surface area (Å²) in [5.74, 6) is 0.587. The van der Waals surface area contributed by atoms with Gasteiger partial charge in [0, 0.05) is 11.9 Å². The molecular formula is C14H27N. The van der Waals surface area contributed by atoms with Crippen LogP contribution in [0.4, 0.5) is 0 Å². The van der Waals surface area contributed by atoms with Gasteiger partial charge in [-0.1, -0.05) is 41.5 Å². The van der Waals surface area contributed by atoms with Crippen LogP contribution in [0.3, 0.4) is 0 Å². The molecule has 1 aromatic heterocycles. The summed E-state index contributed by atoms with van der Waals surface area (Å²) >= 11 is 0. The normalized spacial score (nSPS) is 8.60. The molecule has 1 rings (SSSR count). The average molecular weight is 209 g/mol. The Kier molecular flexibility index (Phi) is 10.7. The van der Waals surface area contributed by atoms with Gasteiger partial charge < -0.3 is 0 Å². The zero-order valence-corrected chi connectivity index (χ0v) is 11.7. The van der Waals surface area contributed by atoms with Gasteiger partial charge in [-0.2, -0.15) is 0 Å². The highest BCUT2D eigenvalue weighted by atomic mass is 14.7. The molecular weight excluding hydrogens is 182 g/mol. The van der Waals surface area contributed by atoms with Gasteiger partial charge in [-0.25, -0.2) is 0 Å².